The second-order valence-corrected chi connectivity index (χ2v) is 5.58. The number of carboxylic acids is 1. The van der Waals surface area contributed by atoms with Crippen molar-refractivity contribution in [3.63, 3.8) is 0 Å². The molecule has 21 heavy (non-hydrogen) atoms. The zero-order chi connectivity index (χ0) is 15.2. The van der Waals surface area contributed by atoms with Crippen LogP contribution in [0.3, 0.4) is 0 Å². The van der Waals surface area contributed by atoms with Crippen LogP contribution in [0.2, 0.25) is 0 Å². The summed E-state index contributed by atoms with van der Waals surface area (Å²) in [5, 5.41) is 13.2. The van der Waals surface area contributed by atoms with E-state index in [0.29, 0.717) is 5.52 Å². The summed E-state index contributed by atoms with van der Waals surface area (Å²) in [6, 6.07) is 4.91. The summed E-state index contributed by atoms with van der Waals surface area (Å²) in [5.41, 5.74) is 0.888. The van der Waals surface area contributed by atoms with E-state index in [1.807, 2.05) is 0 Å². The maximum Gasteiger partial charge on any atom is 0.335 e. The molecule has 2 rings (SSSR count). The Morgan fingerprint density at radius 1 is 1.29 bits per heavy atom. The largest absolute Gasteiger partial charge is 0.478 e. The highest BCUT2D eigenvalue weighted by Gasteiger charge is 2.07. The van der Waals surface area contributed by atoms with Crippen LogP contribution in [0.1, 0.15) is 43.5 Å². The normalized spacial score (nSPS) is 11.0. The Morgan fingerprint density at radius 2 is 2.10 bits per heavy atom. The maximum absolute atomic E-state index is 11.0. The molecule has 0 aliphatic rings. The summed E-state index contributed by atoms with van der Waals surface area (Å²) >= 11 is 0. The topological polar surface area (TPSA) is 75.1 Å². The molecular weight excluding hydrogens is 266 g/mol. The fourth-order valence-electron chi connectivity index (χ4n) is 2.22. The lowest BCUT2D eigenvalue weighted by molar-refractivity contribution is 0.0697. The van der Waals surface area contributed by atoms with Gasteiger partial charge in [0.2, 0.25) is 0 Å². The van der Waals surface area contributed by atoms with Gasteiger partial charge in [-0.2, -0.15) is 0 Å². The highest BCUT2D eigenvalue weighted by Crippen LogP contribution is 2.20. The highest BCUT2D eigenvalue weighted by molar-refractivity contribution is 5.96. The van der Waals surface area contributed by atoms with Crippen LogP contribution in [0.4, 0.5) is 5.82 Å². The lowest BCUT2D eigenvalue weighted by Crippen LogP contribution is -2.05. The van der Waals surface area contributed by atoms with Crippen LogP contribution in [0.5, 0.6) is 0 Å². The van der Waals surface area contributed by atoms with Crippen molar-refractivity contribution in [3.8, 4) is 0 Å². The van der Waals surface area contributed by atoms with Crippen LogP contribution in [-0.2, 0) is 0 Å². The van der Waals surface area contributed by atoms with Crippen LogP contribution >= 0.6 is 0 Å². The van der Waals surface area contributed by atoms with Gasteiger partial charge in [-0.1, -0.05) is 26.7 Å². The van der Waals surface area contributed by atoms with E-state index in [0.717, 1.165) is 30.1 Å². The van der Waals surface area contributed by atoms with Crippen molar-refractivity contribution >= 4 is 22.7 Å². The van der Waals surface area contributed by atoms with Gasteiger partial charge in [0, 0.05) is 11.9 Å². The molecule has 112 valence electrons. The number of fused-ring (bicyclic) bond motifs is 1. The Labute approximate surface area is 124 Å². The van der Waals surface area contributed by atoms with Gasteiger partial charge in [-0.25, -0.2) is 14.8 Å². The van der Waals surface area contributed by atoms with E-state index in [9.17, 15) is 4.79 Å². The van der Waals surface area contributed by atoms with E-state index >= 15 is 0 Å². The first-order valence-corrected chi connectivity index (χ1v) is 7.30. The second kappa shape index (κ2) is 7.02. The lowest BCUT2D eigenvalue weighted by atomic mass is 10.1. The van der Waals surface area contributed by atoms with Crippen molar-refractivity contribution in [2.24, 2.45) is 5.92 Å². The first-order valence-electron chi connectivity index (χ1n) is 7.30. The molecule has 2 aromatic rings. The number of anilines is 1. The lowest BCUT2D eigenvalue weighted by Gasteiger charge is -2.09. The summed E-state index contributed by atoms with van der Waals surface area (Å²) < 4.78 is 0. The van der Waals surface area contributed by atoms with Gasteiger partial charge in [0.25, 0.3) is 0 Å². The van der Waals surface area contributed by atoms with Crippen LogP contribution in [0.25, 0.3) is 10.9 Å². The summed E-state index contributed by atoms with van der Waals surface area (Å²) in [6.45, 7) is 5.32. The molecule has 1 aromatic carbocycles. The number of unbranched alkanes of at least 4 members (excludes halogenated alkanes) is 1. The third-order valence-corrected chi connectivity index (χ3v) is 3.38. The standard InChI is InChI=1S/C16H21N3O2/c1-11(2)5-3-4-8-17-15-13-7-6-12(16(20)21)9-14(13)18-10-19-15/h6-7,9-11H,3-5,8H2,1-2H3,(H,20,21)(H,17,18,19). The smallest absolute Gasteiger partial charge is 0.335 e. The molecule has 0 amide bonds. The molecule has 5 heteroatoms. The van der Waals surface area contributed by atoms with Crippen molar-refractivity contribution in [2.75, 3.05) is 11.9 Å². The van der Waals surface area contributed by atoms with Crippen molar-refractivity contribution in [1.82, 2.24) is 9.97 Å². The number of hydrogen-bond acceptors (Lipinski definition) is 4. The Balaban J connectivity index is 2.05. The molecule has 0 saturated carbocycles. The quantitative estimate of drug-likeness (QED) is 0.761. The maximum atomic E-state index is 11.0. The first kappa shape index (κ1) is 15.2. The number of aromatic carboxylic acids is 1. The van der Waals surface area contributed by atoms with Gasteiger partial charge in [-0.3, -0.25) is 0 Å². The van der Waals surface area contributed by atoms with E-state index in [2.05, 4.69) is 29.1 Å². The van der Waals surface area contributed by atoms with E-state index in [4.69, 9.17) is 5.11 Å². The van der Waals surface area contributed by atoms with Gasteiger partial charge < -0.3 is 10.4 Å². The average molecular weight is 287 g/mol. The number of benzene rings is 1. The van der Waals surface area contributed by atoms with Gasteiger partial charge in [0.05, 0.1) is 11.1 Å². The Bertz CT molecular complexity index is 626. The molecule has 5 nitrogen and oxygen atoms in total. The van der Waals surface area contributed by atoms with Crippen LogP contribution in [0, 0.1) is 5.92 Å². The Kier molecular flexibility index (Phi) is 5.09. The predicted molar refractivity (Wildman–Crippen MR) is 83.7 cm³/mol. The molecule has 0 fully saturated rings. The Hall–Kier alpha value is -2.17. The molecule has 0 atom stereocenters. The zero-order valence-corrected chi connectivity index (χ0v) is 12.5. The number of nitrogens with zero attached hydrogens (tertiary/aromatic N) is 2. The van der Waals surface area contributed by atoms with E-state index in [1.54, 1.807) is 18.2 Å². The molecule has 0 unspecified atom stereocenters. The van der Waals surface area contributed by atoms with E-state index in [1.165, 1.54) is 19.2 Å². The Morgan fingerprint density at radius 3 is 2.81 bits per heavy atom. The fourth-order valence-corrected chi connectivity index (χ4v) is 2.22. The highest BCUT2D eigenvalue weighted by atomic mass is 16.4. The van der Waals surface area contributed by atoms with Crippen LogP contribution in [-0.4, -0.2) is 27.6 Å². The van der Waals surface area contributed by atoms with E-state index in [-0.39, 0.29) is 5.56 Å². The second-order valence-electron chi connectivity index (χ2n) is 5.58. The monoisotopic (exact) mass is 287 g/mol. The summed E-state index contributed by atoms with van der Waals surface area (Å²) in [4.78, 5) is 19.4. The number of nitrogens with one attached hydrogen (secondary N) is 1. The van der Waals surface area contributed by atoms with Crippen molar-refractivity contribution in [2.45, 2.75) is 33.1 Å². The minimum Gasteiger partial charge on any atom is -0.478 e. The predicted octanol–water partition coefficient (Wildman–Crippen LogP) is 3.57. The van der Waals surface area contributed by atoms with Crippen LogP contribution in [0.15, 0.2) is 24.5 Å². The average Bonchev–Trinajstić information content (AvgIpc) is 2.46. The summed E-state index contributed by atoms with van der Waals surface area (Å²) in [6.07, 6.45) is 4.98. The molecule has 0 aliphatic heterocycles. The third kappa shape index (κ3) is 4.15. The number of carboxylic acid groups (broad SMARTS) is 1. The van der Waals surface area contributed by atoms with Gasteiger partial charge in [-0.15, -0.1) is 0 Å². The molecule has 1 aromatic heterocycles. The van der Waals surface area contributed by atoms with Gasteiger partial charge >= 0.3 is 5.97 Å². The SMILES string of the molecule is CC(C)CCCCNc1ncnc2cc(C(=O)O)ccc12. The molecule has 0 radical (unpaired) electrons. The minimum atomic E-state index is -0.946. The summed E-state index contributed by atoms with van der Waals surface area (Å²) in [7, 11) is 0. The molecule has 0 aliphatic carbocycles. The molecule has 0 saturated heterocycles. The number of hydrogen-bond donors (Lipinski definition) is 2. The number of aromatic nitrogens is 2. The van der Waals surface area contributed by atoms with Gasteiger partial charge in [-0.05, 0) is 30.5 Å². The number of rotatable bonds is 7. The molecule has 2 N–H and O–H groups in total. The molecule has 1 heterocycles. The summed E-state index contributed by atoms with van der Waals surface area (Å²) in [5.74, 6) is 0.555. The molecular formula is C16H21N3O2. The van der Waals surface area contributed by atoms with Crippen molar-refractivity contribution < 1.29 is 9.90 Å². The zero-order valence-electron chi connectivity index (χ0n) is 12.5. The fraction of sp³-hybridized carbons (Fsp3) is 0.438. The van der Waals surface area contributed by atoms with Gasteiger partial charge in [0.15, 0.2) is 0 Å². The van der Waals surface area contributed by atoms with Gasteiger partial charge in [0.1, 0.15) is 12.1 Å². The minimum absolute atomic E-state index is 0.240. The third-order valence-electron chi connectivity index (χ3n) is 3.38. The van der Waals surface area contributed by atoms with Crippen molar-refractivity contribution in [1.29, 1.82) is 0 Å². The van der Waals surface area contributed by atoms with Crippen molar-refractivity contribution in [3.05, 3.63) is 30.1 Å². The molecule has 0 spiro atoms. The molecule has 0 bridgehead atoms. The van der Waals surface area contributed by atoms with Crippen LogP contribution < -0.4 is 5.32 Å². The first-order chi connectivity index (χ1) is 10.1. The van der Waals surface area contributed by atoms with E-state index < -0.39 is 5.97 Å². The number of carbonyl (C=O) groups is 1.